The van der Waals surface area contributed by atoms with Crippen molar-refractivity contribution >= 4 is 54.5 Å². The number of fused-ring (bicyclic) bond motifs is 2. The molecule has 5 rings (SSSR count). The molecular weight excluding hydrogens is 484 g/mol. The van der Waals surface area contributed by atoms with Crippen LogP contribution in [0.5, 0.6) is 0 Å². The molecule has 3 atom stereocenters. The maximum atomic E-state index is 3.83. The van der Waals surface area contributed by atoms with Crippen molar-refractivity contribution in [2.24, 2.45) is 11.8 Å². The normalized spacial score (nSPS) is 27.9. The SMILES string of the molecule is CCc1[nH]c2c(Br)c(Br)cc3c2c1C[C@@H]1[C@@H]3CC(CSC)CN1CC1CC1. The zero-order chi connectivity index (χ0) is 18.7. The van der Waals surface area contributed by atoms with Crippen LogP contribution in [0, 0.1) is 11.8 Å². The van der Waals surface area contributed by atoms with Crippen LogP contribution in [-0.2, 0) is 12.8 Å². The highest BCUT2D eigenvalue weighted by molar-refractivity contribution is 9.13. The van der Waals surface area contributed by atoms with Crippen molar-refractivity contribution in [3.05, 3.63) is 31.8 Å². The van der Waals surface area contributed by atoms with Gasteiger partial charge in [-0.1, -0.05) is 6.92 Å². The van der Waals surface area contributed by atoms with Crippen molar-refractivity contribution < 1.29 is 0 Å². The number of H-pyrrole nitrogens is 1. The molecule has 2 aliphatic carbocycles. The first kappa shape index (κ1) is 19.0. The number of hydrogen-bond acceptors (Lipinski definition) is 2. The second-order valence-corrected chi connectivity index (χ2v) is 11.3. The van der Waals surface area contributed by atoms with Crippen LogP contribution in [0.3, 0.4) is 0 Å². The van der Waals surface area contributed by atoms with Crippen LogP contribution in [-0.4, -0.2) is 41.0 Å². The minimum atomic E-state index is 0.676. The first-order valence-corrected chi connectivity index (χ1v) is 13.3. The smallest absolute Gasteiger partial charge is 0.0617 e. The summed E-state index contributed by atoms with van der Waals surface area (Å²) in [6.45, 7) is 4.92. The molecule has 0 amide bonds. The molecule has 1 saturated carbocycles. The molecule has 146 valence electrons. The molecule has 2 fully saturated rings. The molecule has 1 N–H and O–H groups in total. The summed E-state index contributed by atoms with van der Waals surface area (Å²) in [5, 5.41) is 1.53. The van der Waals surface area contributed by atoms with Crippen molar-refractivity contribution in [2.45, 2.75) is 51.0 Å². The van der Waals surface area contributed by atoms with E-state index in [9.17, 15) is 0 Å². The van der Waals surface area contributed by atoms with Crippen LogP contribution in [0.2, 0.25) is 0 Å². The lowest BCUT2D eigenvalue weighted by atomic mass is 9.72. The van der Waals surface area contributed by atoms with Crippen molar-refractivity contribution in [3.8, 4) is 0 Å². The third-order valence-corrected chi connectivity index (χ3v) is 9.75. The van der Waals surface area contributed by atoms with E-state index in [0.29, 0.717) is 12.0 Å². The Balaban J connectivity index is 1.63. The summed E-state index contributed by atoms with van der Waals surface area (Å²) >= 11 is 9.69. The molecule has 2 aromatic rings. The van der Waals surface area contributed by atoms with Crippen molar-refractivity contribution in [1.29, 1.82) is 0 Å². The number of aromatic amines is 1. The summed E-state index contributed by atoms with van der Waals surface area (Å²) in [4.78, 5) is 6.66. The molecule has 1 aliphatic heterocycles. The molecule has 2 heterocycles. The Morgan fingerprint density at radius 3 is 2.78 bits per heavy atom. The number of hydrogen-bond donors (Lipinski definition) is 1. The molecule has 1 saturated heterocycles. The van der Waals surface area contributed by atoms with E-state index in [4.69, 9.17) is 0 Å². The van der Waals surface area contributed by atoms with Crippen LogP contribution < -0.4 is 0 Å². The zero-order valence-electron chi connectivity index (χ0n) is 16.2. The van der Waals surface area contributed by atoms with E-state index in [1.165, 1.54) is 70.1 Å². The van der Waals surface area contributed by atoms with Crippen LogP contribution in [0.25, 0.3) is 10.9 Å². The van der Waals surface area contributed by atoms with Crippen molar-refractivity contribution in [2.75, 3.05) is 25.1 Å². The molecule has 27 heavy (non-hydrogen) atoms. The molecule has 1 aromatic carbocycles. The fourth-order valence-electron chi connectivity index (χ4n) is 5.61. The van der Waals surface area contributed by atoms with Gasteiger partial charge in [-0.2, -0.15) is 11.8 Å². The van der Waals surface area contributed by atoms with Gasteiger partial charge in [0, 0.05) is 40.6 Å². The summed E-state index contributed by atoms with van der Waals surface area (Å²) in [5.41, 5.74) is 5.95. The highest BCUT2D eigenvalue weighted by Crippen LogP contribution is 2.50. The molecule has 0 spiro atoms. The van der Waals surface area contributed by atoms with Gasteiger partial charge in [0.15, 0.2) is 0 Å². The largest absolute Gasteiger partial charge is 0.357 e. The molecule has 0 bridgehead atoms. The van der Waals surface area contributed by atoms with Crippen molar-refractivity contribution in [1.82, 2.24) is 9.88 Å². The number of nitrogens with one attached hydrogen (secondary N) is 1. The Labute approximate surface area is 183 Å². The number of thioether (sulfide) groups is 1. The summed E-state index contributed by atoms with van der Waals surface area (Å²) in [6.07, 6.45) is 8.83. The predicted octanol–water partition coefficient (Wildman–Crippen LogP) is 6.36. The quantitative estimate of drug-likeness (QED) is 0.503. The van der Waals surface area contributed by atoms with Gasteiger partial charge < -0.3 is 4.98 Å². The second kappa shape index (κ2) is 7.37. The lowest BCUT2D eigenvalue weighted by molar-refractivity contribution is 0.0876. The van der Waals surface area contributed by atoms with Gasteiger partial charge in [0.25, 0.3) is 0 Å². The Bertz CT molecular complexity index is 873. The third-order valence-electron chi connectivity index (χ3n) is 6.96. The lowest BCUT2D eigenvalue weighted by Gasteiger charge is -2.47. The van der Waals surface area contributed by atoms with Crippen LogP contribution in [0.4, 0.5) is 0 Å². The van der Waals surface area contributed by atoms with E-state index < -0.39 is 0 Å². The molecule has 5 heteroatoms. The first-order valence-electron chi connectivity index (χ1n) is 10.3. The fraction of sp³-hybridized carbons (Fsp3) is 0.636. The summed E-state index contributed by atoms with van der Waals surface area (Å²) in [7, 11) is 0. The van der Waals surface area contributed by atoms with Crippen LogP contribution in [0.15, 0.2) is 15.0 Å². The average molecular weight is 512 g/mol. The highest BCUT2D eigenvalue weighted by Gasteiger charge is 2.43. The van der Waals surface area contributed by atoms with E-state index in [0.717, 1.165) is 18.3 Å². The Hall–Kier alpha value is 0.0300. The first-order chi connectivity index (χ1) is 13.1. The maximum Gasteiger partial charge on any atom is 0.0617 e. The number of nitrogens with zero attached hydrogens (tertiary/aromatic N) is 1. The van der Waals surface area contributed by atoms with E-state index in [1.54, 1.807) is 11.1 Å². The fourth-order valence-corrected chi connectivity index (χ4v) is 7.18. The van der Waals surface area contributed by atoms with Crippen LogP contribution >= 0.6 is 43.6 Å². The average Bonchev–Trinajstić information content (AvgIpc) is 3.39. The Morgan fingerprint density at radius 1 is 1.26 bits per heavy atom. The van der Waals surface area contributed by atoms with Gasteiger partial charge >= 0.3 is 0 Å². The number of halogens is 2. The minimum Gasteiger partial charge on any atom is -0.357 e. The summed E-state index contributed by atoms with van der Waals surface area (Å²) in [6, 6.07) is 3.12. The number of aromatic nitrogens is 1. The molecule has 1 aromatic heterocycles. The predicted molar refractivity (Wildman–Crippen MR) is 124 cm³/mol. The number of likely N-dealkylation sites (tertiary alicyclic amines) is 1. The van der Waals surface area contributed by atoms with Crippen molar-refractivity contribution in [3.63, 3.8) is 0 Å². The third kappa shape index (κ3) is 3.25. The van der Waals surface area contributed by atoms with Crippen LogP contribution in [0.1, 0.15) is 48.9 Å². The van der Waals surface area contributed by atoms with Gasteiger partial charge in [0.05, 0.1) is 9.99 Å². The minimum absolute atomic E-state index is 0.676. The molecule has 0 radical (unpaired) electrons. The maximum absolute atomic E-state index is 3.83. The molecular formula is C22H28Br2N2S. The van der Waals surface area contributed by atoms with Gasteiger partial charge in [0.1, 0.15) is 0 Å². The summed E-state index contributed by atoms with van der Waals surface area (Å²) in [5.74, 6) is 3.76. The highest BCUT2D eigenvalue weighted by atomic mass is 79.9. The zero-order valence-corrected chi connectivity index (χ0v) is 20.1. The molecule has 1 unspecified atom stereocenters. The van der Waals surface area contributed by atoms with Gasteiger partial charge in [0.2, 0.25) is 0 Å². The second-order valence-electron chi connectivity index (χ2n) is 8.78. The summed E-state index contributed by atoms with van der Waals surface area (Å²) < 4.78 is 2.38. The molecule has 2 nitrogen and oxygen atoms in total. The number of aryl methyl sites for hydroxylation is 1. The van der Waals surface area contributed by atoms with E-state index >= 15 is 0 Å². The standard InChI is InChI=1S/C22H28Br2N2S/c1-3-18-16-8-19-14(15-7-17(23)21(24)22(25-18)20(15)16)6-13(11-27-2)10-26(19)9-12-4-5-12/h7,12-14,19,25H,3-6,8-11H2,1-2H3/t13?,14-,19-/m1/s1. The van der Waals surface area contributed by atoms with Gasteiger partial charge in [-0.25, -0.2) is 0 Å². The molecule has 3 aliphatic rings. The monoisotopic (exact) mass is 510 g/mol. The van der Waals surface area contributed by atoms with Gasteiger partial charge in [-0.15, -0.1) is 0 Å². The van der Waals surface area contributed by atoms with E-state index in [-0.39, 0.29) is 0 Å². The van der Waals surface area contributed by atoms with E-state index in [2.05, 4.69) is 61.0 Å². The number of rotatable bonds is 5. The van der Waals surface area contributed by atoms with Gasteiger partial charge in [-0.05, 0) is 105 Å². The Morgan fingerprint density at radius 2 is 2.07 bits per heavy atom. The topological polar surface area (TPSA) is 19.0 Å². The number of piperidine rings is 1. The lowest BCUT2D eigenvalue weighted by Crippen LogP contribution is -2.51. The Kier molecular flexibility index (Phi) is 5.19. The number of benzene rings is 1. The van der Waals surface area contributed by atoms with Gasteiger partial charge in [-0.3, -0.25) is 4.90 Å². The van der Waals surface area contributed by atoms with E-state index in [1.807, 2.05) is 11.8 Å².